The molecular formula is C16H15F3N2O4. The number of benzene rings is 1. The third kappa shape index (κ3) is 4.64. The zero-order valence-electron chi connectivity index (χ0n) is 13.2. The minimum Gasteiger partial charge on any atom is -0.410 e. The number of halogens is 3. The minimum absolute atomic E-state index is 0.166. The van der Waals surface area contributed by atoms with Crippen LogP contribution in [-0.4, -0.2) is 31.6 Å². The van der Waals surface area contributed by atoms with E-state index in [1.54, 1.807) is 6.92 Å². The van der Waals surface area contributed by atoms with Gasteiger partial charge in [0.15, 0.2) is 0 Å². The fourth-order valence-corrected chi connectivity index (χ4v) is 1.96. The van der Waals surface area contributed by atoms with Gasteiger partial charge in [-0.05, 0) is 31.2 Å². The summed E-state index contributed by atoms with van der Waals surface area (Å²) in [6, 6.07) is 3.98. The highest BCUT2D eigenvalue weighted by Crippen LogP contribution is 2.31. The maximum atomic E-state index is 12.6. The molecule has 1 saturated heterocycles. The first-order valence-corrected chi connectivity index (χ1v) is 7.23. The third-order valence-corrected chi connectivity index (χ3v) is 3.38. The Hall–Kier alpha value is -2.73. The monoisotopic (exact) mass is 356 g/mol. The Morgan fingerprint density at radius 1 is 1.48 bits per heavy atom. The number of alkyl halides is 3. The van der Waals surface area contributed by atoms with Crippen molar-refractivity contribution in [2.24, 2.45) is 5.92 Å². The largest absolute Gasteiger partial charge is 0.416 e. The number of ether oxygens (including phenoxy) is 2. The fourth-order valence-electron chi connectivity index (χ4n) is 1.96. The molecule has 0 radical (unpaired) electrons. The lowest BCUT2D eigenvalue weighted by Crippen LogP contribution is -2.36. The molecule has 1 heterocycles. The third-order valence-electron chi connectivity index (χ3n) is 3.38. The summed E-state index contributed by atoms with van der Waals surface area (Å²) in [5, 5.41) is 2.38. The lowest BCUT2D eigenvalue weighted by Gasteiger charge is -2.15. The smallest absolute Gasteiger partial charge is 0.410 e. The zero-order valence-corrected chi connectivity index (χ0v) is 13.2. The van der Waals surface area contributed by atoms with Crippen LogP contribution in [0.25, 0.3) is 0 Å². The SMILES string of the molecule is C#CC(C)CNC(=O)OC1OCN(c2ccc(C(F)(F)F)cc2)C1=O. The van der Waals surface area contributed by atoms with Gasteiger partial charge >= 0.3 is 12.3 Å². The van der Waals surface area contributed by atoms with Crippen molar-refractivity contribution >= 4 is 17.7 Å². The molecule has 0 saturated carbocycles. The van der Waals surface area contributed by atoms with Gasteiger partial charge in [0.1, 0.15) is 6.73 Å². The predicted molar refractivity (Wildman–Crippen MR) is 81.2 cm³/mol. The van der Waals surface area contributed by atoms with Crippen molar-refractivity contribution in [3.05, 3.63) is 29.8 Å². The van der Waals surface area contributed by atoms with E-state index in [0.717, 1.165) is 29.2 Å². The molecule has 1 N–H and O–H groups in total. The molecule has 25 heavy (non-hydrogen) atoms. The highest BCUT2D eigenvalue weighted by atomic mass is 19.4. The lowest BCUT2D eigenvalue weighted by atomic mass is 10.2. The van der Waals surface area contributed by atoms with Crippen molar-refractivity contribution in [3.63, 3.8) is 0 Å². The van der Waals surface area contributed by atoms with Gasteiger partial charge in [-0.25, -0.2) is 4.79 Å². The van der Waals surface area contributed by atoms with Gasteiger partial charge in [0.25, 0.3) is 12.2 Å². The van der Waals surface area contributed by atoms with Crippen molar-refractivity contribution in [3.8, 4) is 12.3 Å². The minimum atomic E-state index is -4.47. The number of carbonyl (C=O) groups is 2. The van der Waals surface area contributed by atoms with Crippen LogP contribution in [0.2, 0.25) is 0 Å². The molecule has 0 aliphatic carbocycles. The van der Waals surface area contributed by atoms with Crippen LogP contribution >= 0.6 is 0 Å². The summed E-state index contributed by atoms with van der Waals surface area (Å²) in [4.78, 5) is 24.8. The van der Waals surface area contributed by atoms with Gasteiger partial charge in [-0.1, -0.05) is 0 Å². The first kappa shape index (κ1) is 18.6. The fraction of sp³-hybridized carbons (Fsp3) is 0.375. The van der Waals surface area contributed by atoms with E-state index in [2.05, 4.69) is 11.2 Å². The van der Waals surface area contributed by atoms with Gasteiger partial charge in [-0.2, -0.15) is 13.2 Å². The van der Waals surface area contributed by atoms with E-state index in [4.69, 9.17) is 15.9 Å². The molecule has 0 spiro atoms. The summed E-state index contributed by atoms with van der Waals surface area (Å²) in [7, 11) is 0. The van der Waals surface area contributed by atoms with Crippen molar-refractivity contribution in [1.29, 1.82) is 0 Å². The molecule has 2 rings (SSSR count). The van der Waals surface area contributed by atoms with Crippen LogP contribution in [0.3, 0.4) is 0 Å². The lowest BCUT2D eigenvalue weighted by molar-refractivity contribution is -0.139. The second-order valence-corrected chi connectivity index (χ2v) is 5.29. The van der Waals surface area contributed by atoms with Crippen LogP contribution in [-0.2, 0) is 20.4 Å². The number of alkyl carbamates (subject to hydrolysis) is 1. The van der Waals surface area contributed by atoms with Crippen LogP contribution < -0.4 is 10.2 Å². The Balaban J connectivity index is 1.95. The van der Waals surface area contributed by atoms with Gasteiger partial charge < -0.3 is 14.8 Å². The van der Waals surface area contributed by atoms with Crippen molar-refractivity contribution < 1.29 is 32.2 Å². The number of rotatable bonds is 4. The molecule has 134 valence electrons. The quantitative estimate of drug-likeness (QED) is 0.841. The molecule has 2 atom stereocenters. The molecule has 1 aliphatic heterocycles. The number of terminal acetylenes is 1. The molecule has 1 aromatic carbocycles. The van der Waals surface area contributed by atoms with E-state index in [-0.39, 0.29) is 24.9 Å². The van der Waals surface area contributed by atoms with E-state index >= 15 is 0 Å². The average molecular weight is 356 g/mol. The molecule has 0 bridgehead atoms. The van der Waals surface area contributed by atoms with Crippen LogP contribution in [0.1, 0.15) is 12.5 Å². The first-order chi connectivity index (χ1) is 11.7. The van der Waals surface area contributed by atoms with Crippen molar-refractivity contribution in [1.82, 2.24) is 5.32 Å². The Labute approximate surface area is 141 Å². The highest BCUT2D eigenvalue weighted by molar-refractivity contribution is 5.98. The van der Waals surface area contributed by atoms with Gasteiger partial charge in [0.2, 0.25) is 0 Å². The maximum Gasteiger partial charge on any atom is 0.416 e. The zero-order chi connectivity index (χ0) is 18.6. The van der Waals surface area contributed by atoms with Crippen molar-refractivity contribution in [2.45, 2.75) is 19.4 Å². The standard InChI is InChI=1S/C16H15F3N2O4/c1-3-10(2)8-20-15(23)25-14-13(22)21(9-24-14)12-6-4-11(5-7-12)16(17,18)19/h1,4-7,10,14H,8-9H2,2H3,(H,20,23). The average Bonchev–Trinajstić information content (AvgIpc) is 2.92. The molecule has 0 aromatic heterocycles. The molecule has 2 unspecified atom stereocenters. The van der Waals surface area contributed by atoms with Crippen LogP contribution in [0, 0.1) is 18.3 Å². The Bertz CT molecular complexity index is 682. The Kier molecular flexibility index (Phi) is 5.54. The second kappa shape index (κ2) is 7.44. The molecular weight excluding hydrogens is 341 g/mol. The van der Waals surface area contributed by atoms with E-state index in [1.807, 2.05) is 0 Å². The normalized spacial score (nSPS) is 18.6. The van der Waals surface area contributed by atoms with E-state index in [9.17, 15) is 22.8 Å². The highest BCUT2D eigenvalue weighted by Gasteiger charge is 2.37. The van der Waals surface area contributed by atoms with Crippen LogP contribution in [0.5, 0.6) is 0 Å². The van der Waals surface area contributed by atoms with Gasteiger partial charge in [-0.15, -0.1) is 12.3 Å². The molecule has 1 fully saturated rings. The second-order valence-electron chi connectivity index (χ2n) is 5.29. The maximum absolute atomic E-state index is 12.6. The molecule has 9 heteroatoms. The predicted octanol–water partition coefficient (Wildman–Crippen LogP) is 2.35. The topological polar surface area (TPSA) is 67.9 Å². The summed E-state index contributed by atoms with van der Waals surface area (Å²) in [5.74, 6) is 1.50. The van der Waals surface area contributed by atoms with Crippen molar-refractivity contribution in [2.75, 3.05) is 18.2 Å². The van der Waals surface area contributed by atoms with E-state index in [1.165, 1.54) is 0 Å². The summed E-state index contributed by atoms with van der Waals surface area (Å²) in [6.45, 7) is 1.63. The van der Waals surface area contributed by atoms with Gasteiger partial charge in [-0.3, -0.25) is 9.69 Å². The first-order valence-electron chi connectivity index (χ1n) is 7.23. The van der Waals surface area contributed by atoms with E-state index < -0.39 is 30.0 Å². The van der Waals surface area contributed by atoms with Gasteiger partial charge in [0.05, 0.1) is 5.56 Å². The Morgan fingerprint density at radius 2 is 2.12 bits per heavy atom. The molecule has 1 aromatic rings. The number of carbonyl (C=O) groups excluding carboxylic acids is 2. The van der Waals surface area contributed by atoms with E-state index in [0.29, 0.717) is 0 Å². The summed E-state index contributed by atoms with van der Waals surface area (Å²) < 4.78 is 47.6. The number of nitrogens with one attached hydrogen (secondary N) is 1. The molecule has 6 nitrogen and oxygen atoms in total. The number of hydrogen-bond donors (Lipinski definition) is 1. The molecule has 2 amide bonds. The number of amides is 2. The van der Waals surface area contributed by atoms with Gasteiger partial charge in [0, 0.05) is 18.2 Å². The number of nitrogens with zero attached hydrogens (tertiary/aromatic N) is 1. The Morgan fingerprint density at radius 3 is 2.68 bits per heavy atom. The summed E-state index contributed by atoms with van der Waals surface area (Å²) in [5.41, 5.74) is -0.635. The number of hydrogen-bond acceptors (Lipinski definition) is 4. The summed E-state index contributed by atoms with van der Waals surface area (Å²) >= 11 is 0. The number of anilines is 1. The summed E-state index contributed by atoms with van der Waals surface area (Å²) in [6.07, 6.45) is -1.65. The van der Waals surface area contributed by atoms with Crippen LogP contribution in [0.15, 0.2) is 24.3 Å². The van der Waals surface area contributed by atoms with Crippen LogP contribution in [0.4, 0.5) is 23.7 Å². The molecule has 1 aliphatic rings.